The van der Waals surface area contributed by atoms with Crippen LogP contribution in [-0.2, 0) is 15.3 Å². The summed E-state index contributed by atoms with van der Waals surface area (Å²) in [5.41, 5.74) is 1.01. The maximum Gasteiger partial charge on any atom is 0.230 e. The molecule has 1 amide bonds. The molecule has 7 heteroatoms. The number of carbonyl (C=O) groups excluding carboxylic acids is 1. The molecule has 0 aliphatic carbocycles. The molecule has 0 saturated carbocycles. The fraction of sp³-hybridized carbons (Fsp3) is 0.692. The molecule has 2 heterocycles. The van der Waals surface area contributed by atoms with Gasteiger partial charge < -0.3 is 19.7 Å². The van der Waals surface area contributed by atoms with E-state index in [1.807, 2.05) is 13.8 Å². The molecular formula is C13H20N2O4S. The number of aromatic nitrogens is 1. The fourth-order valence-electron chi connectivity index (χ4n) is 2.00. The molecule has 0 radical (unpaired) electrons. The van der Waals surface area contributed by atoms with Crippen LogP contribution < -0.4 is 5.32 Å². The number of hydrogen-bond acceptors (Lipinski definition) is 6. The van der Waals surface area contributed by atoms with E-state index < -0.39 is 5.60 Å². The Labute approximate surface area is 122 Å². The van der Waals surface area contributed by atoms with E-state index in [1.165, 1.54) is 11.8 Å². The summed E-state index contributed by atoms with van der Waals surface area (Å²) in [6, 6.07) is 0. The molecule has 1 aliphatic rings. The Morgan fingerprint density at radius 1 is 1.55 bits per heavy atom. The average molecular weight is 300 g/mol. The van der Waals surface area contributed by atoms with Crippen LogP contribution in [0.4, 0.5) is 0 Å². The second-order valence-electron chi connectivity index (χ2n) is 5.10. The van der Waals surface area contributed by atoms with E-state index in [2.05, 4.69) is 10.5 Å². The van der Waals surface area contributed by atoms with Crippen molar-refractivity contribution in [2.24, 2.45) is 0 Å². The van der Waals surface area contributed by atoms with E-state index in [0.717, 1.165) is 17.0 Å². The van der Waals surface area contributed by atoms with Crippen LogP contribution in [0.3, 0.4) is 0 Å². The lowest BCUT2D eigenvalue weighted by molar-refractivity contribution is -0.119. The van der Waals surface area contributed by atoms with Crippen molar-refractivity contribution >= 4 is 17.7 Å². The van der Waals surface area contributed by atoms with Gasteiger partial charge in [0.05, 0.1) is 18.1 Å². The normalized spacial score (nSPS) is 22.1. The van der Waals surface area contributed by atoms with Crippen LogP contribution in [0.15, 0.2) is 4.52 Å². The largest absolute Gasteiger partial charge is 0.386 e. The lowest BCUT2D eigenvalue weighted by Gasteiger charge is -2.20. The Morgan fingerprint density at radius 2 is 2.35 bits per heavy atom. The second kappa shape index (κ2) is 6.60. The van der Waals surface area contributed by atoms with Crippen LogP contribution in [0.1, 0.15) is 23.4 Å². The summed E-state index contributed by atoms with van der Waals surface area (Å²) in [6.07, 6.45) is 0.569. The average Bonchev–Trinajstić information content (AvgIpc) is 2.97. The van der Waals surface area contributed by atoms with Crippen molar-refractivity contribution in [3.05, 3.63) is 17.0 Å². The summed E-state index contributed by atoms with van der Waals surface area (Å²) < 4.78 is 10.2. The van der Waals surface area contributed by atoms with Crippen molar-refractivity contribution in [2.75, 3.05) is 25.5 Å². The number of aryl methyl sites for hydroxylation is 2. The number of aliphatic hydroxyl groups is 1. The van der Waals surface area contributed by atoms with Gasteiger partial charge in [0.1, 0.15) is 11.4 Å². The Balaban J connectivity index is 1.68. The molecule has 1 aromatic heterocycles. The molecule has 1 unspecified atom stereocenters. The molecule has 0 aromatic carbocycles. The predicted molar refractivity (Wildman–Crippen MR) is 75.5 cm³/mol. The first-order valence-electron chi connectivity index (χ1n) is 6.56. The molecule has 1 atom stereocenters. The third-order valence-corrected chi connectivity index (χ3v) is 4.32. The number of amides is 1. The summed E-state index contributed by atoms with van der Waals surface area (Å²) in [7, 11) is 0. The van der Waals surface area contributed by atoms with Crippen LogP contribution in [0.2, 0.25) is 0 Å². The van der Waals surface area contributed by atoms with Gasteiger partial charge >= 0.3 is 0 Å². The summed E-state index contributed by atoms with van der Waals surface area (Å²) in [5.74, 6) is 1.76. The molecule has 1 fully saturated rings. The smallest absolute Gasteiger partial charge is 0.230 e. The van der Waals surface area contributed by atoms with Crippen LogP contribution in [-0.4, -0.2) is 47.3 Å². The van der Waals surface area contributed by atoms with Crippen LogP contribution in [0, 0.1) is 13.8 Å². The molecular weight excluding hydrogens is 280 g/mol. The molecule has 6 nitrogen and oxygen atoms in total. The molecule has 0 spiro atoms. The number of rotatable bonds is 6. The van der Waals surface area contributed by atoms with Gasteiger partial charge in [-0.3, -0.25) is 4.79 Å². The Kier molecular flexibility index (Phi) is 5.06. The Hall–Kier alpha value is -1.05. The lowest BCUT2D eigenvalue weighted by atomic mass is 10.0. The van der Waals surface area contributed by atoms with Gasteiger partial charge in [0.25, 0.3) is 0 Å². The van der Waals surface area contributed by atoms with Crippen molar-refractivity contribution in [1.82, 2.24) is 10.5 Å². The number of carbonyl (C=O) groups is 1. The Morgan fingerprint density at radius 3 is 2.95 bits per heavy atom. The first kappa shape index (κ1) is 15.3. The molecule has 2 N–H and O–H groups in total. The molecule has 1 saturated heterocycles. The van der Waals surface area contributed by atoms with E-state index in [0.29, 0.717) is 31.1 Å². The lowest BCUT2D eigenvalue weighted by Crippen LogP contribution is -2.43. The van der Waals surface area contributed by atoms with Gasteiger partial charge in [-0.1, -0.05) is 5.16 Å². The molecule has 1 aliphatic heterocycles. The van der Waals surface area contributed by atoms with E-state index in [1.54, 1.807) is 0 Å². The van der Waals surface area contributed by atoms with Gasteiger partial charge in [-0.2, -0.15) is 0 Å². The van der Waals surface area contributed by atoms with Crippen LogP contribution in [0.25, 0.3) is 0 Å². The SMILES string of the molecule is Cc1noc(C)c1CSCC(=O)NCC1(O)CCOC1. The van der Waals surface area contributed by atoms with Crippen molar-refractivity contribution in [1.29, 1.82) is 0 Å². The minimum atomic E-state index is -0.901. The minimum absolute atomic E-state index is 0.0814. The Bertz CT molecular complexity index is 449. The van der Waals surface area contributed by atoms with E-state index in [9.17, 15) is 9.90 Å². The third-order valence-electron chi connectivity index (χ3n) is 3.36. The highest BCUT2D eigenvalue weighted by Gasteiger charge is 2.32. The van der Waals surface area contributed by atoms with Crippen molar-refractivity contribution in [3.8, 4) is 0 Å². The molecule has 1 aromatic rings. The monoisotopic (exact) mass is 300 g/mol. The number of ether oxygens (including phenoxy) is 1. The highest BCUT2D eigenvalue weighted by atomic mass is 32.2. The highest BCUT2D eigenvalue weighted by molar-refractivity contribution is 7.99. The van der Waals surface area contributed by atoms with Crippen molar-refractivity contribution in [2.45, 2.75) is 31.6 Å². The molecule has 112 valence electrons. The third kappa shape index (κ3) is 3.97. The van der Waals surface area contributed by atoms with E-state index >= 15 is 0 Å². The molecule has 0 bridgehead atoms. The topological polar surface area (TPSA) is 84.6 Å². The molecule has 20 heavy (non-hydrogen) atoms. The maximum atomic E-state index is 11.7. The van der Waals surface area contributed by atoms with E-state index in [-0.39, 0.29) is 12.5 Å². The highest BCUT2D eigenvalue weighted by Crippen LogP contribution is 2.20. The first-order valence-corrected chi connectivity index (χ1v) is 7.72. The van der Waals surface area contributed by atoms with Gasteiger partial charge in [0.2, 0.25) is 5.91 Å². The fourth-order valence-corrected chi connectivity index (χ4v) is 3.01. The first-order chi connectivity index (χ1) is 9.50. The van der Waals surface area contributed by atoms with Gasteiger partial charge in [-0.25, -0.2) is 0 Å². The van der Waals surface area contributed by atoms with Crippen LogP contribution in [0.5, 0.6) is 0 Å². The van der Waals surface area contributed by atoms with Crippen molar-refractivity contribution in [3.63, 3.8) is 0 Å². The van der Waals surface area contributed by atoms with Gasteiger partial charge in [0, 0.05) is 30.9 Å². The molecule has 2 rings (SSSR count). The number of hydrogen-bond donors (Lipinski definition) is 2. The minimum Gasteiger partial charge on any atom is -0.386 e. The zero-order chi connectivity index (χ0) is 14.6. The summed E-state index contributed by atoms with van der Waals surface area (Å²) in [4.78, 5) is 11.7. The predicted octanol–water partition coefficient (Wildman–Crippen LogP) is 0.792. The van der Waals surface area contributed by atoms with Gasteiger partial charge in [0.15, 0.2) is 0 Å². The number of nitrogens with zero attached hydrogens (tertiary/aromatic N) is 1. The van der Waals surface area contributed by atoms with E-state index in [4.69, 9.17) is 9.26 Å². The zero-order valence-corrected chi connectivity index (χ0v) is 12.6. The second-order valence-corrected chi connectivity index (χ2v) is 6.08. The summed E-state index contributed by atoms with van der Waals surface area (Å²) in [5, 5.41) is 16.6. The van der Waals surface area contributed by atoms with Crippen LogP contribution >= 0.6 is 11.8 Å². The quantitative estimate of drug-likeness (QED) is 0.808. The standard InChI is InChI=1S/C13H20N2O4S/c1-9-11(10(2)19-15-9)5-20-6-12(16)14-7-13(17)3-4-18-8-13/h17H,3-8H2,1-2H3,(H,14,16). The number of nitrogens with one attached hydrogen (secondary N) is 1. The van der Waals surface area contributed by atoms with Gasteiger partial charge in [-0.15, -0.1) is 11.8 Å². The van der Waals surface area contributed by atoms with Gasteiger partial charge in [-0.05, 0) is 13.8 Å². The summed E-state index contributed by atoms with van der Waals surface area (Å²) >= 11 is 1.50. The summed E-state index contributed by atoms with van der Waals surface area (Å²) in [6.45, 7) is 4.85. The van der Waals surface area contributed by atoms with Crippen molar-refractivity contribution < 1.29 is 19.2 Å². The zero-order valence-electron chi connectivity index (χ0n) is 11.8. The maximum absolute atomic E-state index is 11.7. The number of thioether (sulfide) groups is 1.